The Bertz CT molecular complexity index is 1210. The Morgan fingerprint density at radius 2 is 1.64 bits per heavy atom. The minimum atomic E-state index is 0.0515. The Hall–Kier alpha value is -3.64. The first kappa shape index (κ1) is 21.2. The highest BCUT2D eigenvalue weighted by Gasteiger charge is 2.20. The van der Waals surface area contributed by atoms with Crippen LogP contribution in [0.15, 0.2) is 90.4 Å². The van der Waals surface area contributed by atoms with Crippen LogP contribution in [-0.4, -0.2) is 46.8 Å². The summed E-state index contributed by atoms with van der Waals surface area (Å²) in [7, 11) is 0. The molecule has 1 fully saturated rings. The van der Waals surface area contributed by atoms with Crippen molar-refractivity contribution < 1.29 is 4.79 Å². The van der Waals surface area contributed by atoms with Gasteiger partial charge in [0.05, 0.1) is 11.4 Å². The number of hydrogen-bond donors (Lipinski definition) is 0. The third kappa shape index (κ3) is 5.07. The zero-order valence-corrected chi connectivity index (χ0v) is 19.2. The van der Waals surface area contributed by atoms with Crippen LogP contribution >= 0.6 is 11.3 Å². The number of para-hydroxylation sites is 1. The van der Waals surface area contributed by atoms with Crippen molar-refractivity contribution in [2.24, 2.45) is 0 Å². The van der Waals surface area contributed by atoms with Gasteiger partial charge in [-0.2, -0.15) is 5.10 Å². The van der Waals surface area contributed by atoms with E-state index in [1.54, 1.807) is 17.4 Å². The van der Waals surface area contributed by atoms with Gasteiger partial charge in [0.2, 0.25) is 5.91 Å². The summed E-state index contributed by atoms with van der Waals surface area (Å²) in [6.45, 7) is 3.84. The van der Waals surface area contributed by atoms with Gasteiger partial charge in [0.15, 0.2) is 0 Å². The molecule has 6 heteroatoms. The number of carbonyl (C=O) groups is 1. The molecule has 0 atom stereocenters. The minimum Gasteiger partial charge on any atom is -0.368 e. The van der Waals surface area contributed by atoms with Crippen LogP contribution in [0.4, 0.5) is 5.69 Å². The molecule has 0 saturated carbocycles. The molecule has 1 saturated heterocycles. The fourth-order valence-electron chi connectivity index (χ4n) is 4.11. The van der Waals surface area contributed by atoms with E-state index in [-0.39, 0.29) is 5.91 Å². The van der Waals surface area contributed by atoms with Gasteiger partial charge in [-0.15, -0.1) is 11.3 Å². The molecule has 1 aliphatic heterocycles. The summed E-state index contributed by atoms with van der Waals surface area (Å²) in [6, 6.07) is 24.8. The molecule has 33 heavy (non-hydrogen) atoms. The van der Waals surface area contributed by atoms with Crippen molar-refractivity contribution in [1.29, 1.82) is 0 Å². The number of benzene rings is 2. The fraction of sp³-hybridized carbons (Fsp3) is 0.185. The summed E-state index contributed by atoms with van der Waals surface area (Å²) in [5, 5.41) is 6.88. The quantitative estimate of drug-likeness (QED) is 0.384. The topological polar surface area (TPSA) is 41.4 Å². The van der Waals surface area contributed by atoms with Crippen LogP contribution in [-0.2, 0) is 11.3 Å². The Morgan fingerprint density at radius 3 is 2.33 bits per heavy atom. The third-order valence-electron chi connectivity index (χ3n) is 5.85. The lowest BCUT2D eigenvalue weighted by atomic mass is 10.2. The summed E-state index contributed by atoms with van der Waals surface area (Å²) >= 11 is 1.66. The van der Waals surface area contributed by atoms with Crippen LogP contribution < -0.4 is 4.90 Å². The van der Waals surface area contributed by atoms with Crippen molar-refractivity contribution in [2.75, 3.05) is 31.1 Å². The predicted molar refractivity (Wildman–Crippen MR) is 135 cm³/mol. The second-order valence-corrected chi connectivity index (χ2v) is 9.02. The number of thiophene rings is 1. The van der Waals surface area contributed by atoms with E-state index >= 15 is 0 Å². The van der Waals surface area contributed by atoms with Gasteiger partial charge in [-0.1, -0.05) is 54.6 Å². The molecule has 166 valence electrons. The smallest absolute Gasteiger partial charge is 0.246 e. The van der Waals surface area contributed by atoms with Crippen LogP contribution in [0, 0.1) is 0 Å². The SMILES string of the molecule is O=C(/C=C/c1cn(Cc2ccccc2)nc1-c1cccs1)N1CCN(c2ccccc2)CC1. The average molecular weight is 455 g/mol. The minimum absolute atomic E-state index is 0.0515. The van der Waals surface area contributed by atoms with Crippen molar-refractivity contribution in [1.82, 2.24) is 14.7 Å². The fourth-order valence-corrected chi connectivity index (χ4v) is 4.84. The number of rotatable bonds is 6. The summed E-state index contributed by atoms with van der Waals surface area (Å²) in [4.78, 5) is 18.3. The second-order valence-electron chi connectivity index (χ2n) is 8.07. The average Bonchev–Trinajstić information content (AvgIpc) is 3.54. The molecule has 2 aromatic carbocycles. The van der Waals surface area contributed by atoms with E-state index in [2.05, 4.69) is 52.7 Å². The van der Waals surface area contributed by atoms with E-state index in [1.165, 1.54) is 11.3 Å². The molecule has 0 bridgehead atoms. The lowest BCUT2D eigenvalue weighted by Crippen LogP contribution is -2.48. The molecule has 5 rings (SSSR count). The molecule has 5 nitrogen and oxygen atoms in total. The molecule has 0 radical (unpaired) electrons. The van der Waals surface area contributed by atoms with Gasteiger partial charge in [0.1, 0.15) is 5.69 Å². The molecule has 3 heterocycles. The van der Waals surface area contributed by atoms with Crippen molar-refractivity contribution in [3.63, 3.8) is 0 Å². The largest absolute Gasteiger partial charge is 0.368 e. The first-order valence-corrected chi connectivity index (χ1v) is 12.1. The Balaban J connectivity index is 1.29. The summed E-state index contributed by atoms with van der Waals surface area (Å²) in [5.74, 6) is 0.0515. The van der Waals surface area contributed by atoms with Gasteiger partial charge in [0, 0.05) is 49.7 Å². The van der Waals surface area contributed by atoms with Gasteiger partial charge in [-0.05, 0) is 35.2 Å². The van der Waals surface area contributed by atoms with Gasteiger partial charge < -0.3 is 9.80 Å². The lowest BCUT2D eigenvalue weighted by molar-refractivity contribution is -0.126. The number of nitrogens with zero attached hydrogens (tertiary/aromatic N) is 4. The molecule has 1 amide bonds. The van der Waals surface area contributed by atoms with Crippen LogP contribution in [0.25, 0.3) is 16.6 Å². The Morgan fingerprint density at radius 1 is 0.909 bits per heavy atom. The van der Waals surface area contributed by atoms with E-state index < -0.39 is 0 Å². The van der Waals surface area contributed by atoms with Crippen molar-refractivity contribution in [3.8, 4) is 10.6 Å². The number of amides is 1. The maximum atomic E-state index is 12.9. The maximum absolute atomic E-state index is 12.9. The highest BCUT2D eigenvalue weighted by molar-refractivity contribution is 7.13. The predicted octanol–water partition coefficient (Wildman–Crippen LogP) is 5.02. The normalized spacial score (nSPS) is 14.2. The van der Waals surface area contributed by atoms with E-state index in [9.17, 15) is 4.79 Å². The lowest BCUT2D eigenvalue weighted by Gasteiger charge is -2.35. The van der Waals surface area contributed by atoms with Crippen LogP contribution in [0.3, 0.4) is 0 Å². The van der Waals surface area contributed by atoms with Gasteiger partial charge in [0.25, 0.3) is 0 Å². The molecule has 0 unspecified atom stereocenters. The van der Waals surface area contributed by atoms with Crippen molar-refractivity contribution >= 4 is 29.0 Å². The first-order chi connectivity index (χ1) is 16.3. The van der Waals surface area contributed by atoms with Crippen molar-refractivity contribution in [2.45, 2.75) is 6.54 Å². The Kier molecular flexibility index (Phi) is 6.35. The van der Waals surface area contributed by atoms with E-state index in [1.807, 2.05) is 52.2 Å². The highest BCUT2D eigenvalue weighted by Crippen LogP contribution is 2.28. The van der Waals surface area contributed by atoms with E-state index in [4.69, 9.17) is 5.10 Å². The number of hydrogen-bond acceptors (Lipinski definition) is 4. The summed E-state index contributed by atoms with van der Waals surface area (Å²) in [6.07, 6.45) is 5.63. The van der Waals surface area contributed by atoms with Gasteiger partial charge in [-0.3, -0.25) is 9.48 Å². The van der Waals surface area contributed by atoms with Crippen LogP contribution in [0.5, 0.6) is 0 Å². The molecule has 0 N–H and O–H groups in total. The van der Waals surface area contributed by atoms with Gasteiger partial charge >= 0.3 is 0 Å². The first-order valence-electron chi connectivity index (χ1n) is 11.2. The second kappa shape index (κ2) is 9.88. The number of piperazine rings is 1. The van der Waals surface area contributed by atoms with E-state index in [0.29, 0.717) is 6.54 Å². The summed E-state index contributed by atoms with van der Waals surface area (Å²) in [5.41, 5.74) is 4.29. The van der Waals surface area contributed by atoms with Crippen molar-refractivity contribution in [3.05, 3.63) is 102 Å². The van der Waals surface area contributed by atoms with Crippen LogP contribution in [0.2, 0.25) is 0 Å². The molecule has 0 spiro atoms. The summed E-state index contributed by atoms with van der Waals surface area (Å²) < 4.78 is 1.95. The van der Waals surface area contributed by atoms with Gasteiger partial charge in [-0.25, -0.2) is 0 Å². The Labute approximate surface area is 198 Å². The zero-order chi connectivity index (χ0) is 22.5. The van der Waals surface area contributed by atoms with Crippen LogP contribution in [0.1, 0.15) is 11.1 Å². The monoisotopic (exact) mass is 454 g/mol. The molecular formula is C27H26N4OS. The van der Waals surface area contributed by atoms with E-state index in [0.717, 1.165) is 42.3 Å². The molecule has 0 aliphatic carbocycles. The number of aromatic nitrogens is 2. The zero-order valence-electron chi connectivity index (χ0n) is 18.4. The third-order valence-corrected chi connectivity index (χ3v) is 6.73. The molecule has 2 aromatic heterocycles. The molecular weight excluding hydrogens is 428 g/mol. The number of carbonyl (C=O) groups excluding carboxylic acids is 1. The number of anilines is 1. The highest BCUT2D eigenvalue weighted by atomic mass is 32.1. The maximum Gasteiger partial charge on any atom is 0.246 e. The molecule has 4 aromatic rings. The molecule has 1 aliphatic rings. The standard InChI is InChI=1S/C27H26N4OS/c32-26(30-17-15-29(16-18-30)24-10-5-2-6-11-24)14-13-23-21-31(20-22-8-3-1-4-9-22)28-27(23)25-12-7-19-33-25/h1-14,19,21H,15-18,20H2/b14-13+.